The van der Waals surface area contributed by atoms with Crippen LogP contribution in [0.2, 0.25) is 0 Å². The molecule has 0 saturated heterocycles. The van der Waals surface area contributed by atoms with E-state index in [1.54, 1.807) is 26.0 Å². The lowest BCUT2D eigenvalue weighted by Gasteiger charge is -2.07. The predicted molar refractivity (Wildman–Crippen MR) is 57.7 cm³/mol. The molecule has 0 aliphatic heterocycles. The Morgan fingerprint density at radius 1 is 1.07 bits per heavy atom. The van der Waals surface area contributed by atoms with Crippen molar-refractivity contribution in [2.75, 3.05) is 0 Å². The van der Waals surface area contributed by atoms with E-state index in [9.17, 15) is 8.42 Å². The van der Waals surface area contributed by atoms with Crippen LogP contribution in [0.3, 0.4) is 0 Å². The first-order valence-electron chi connectivity index (χ1n) is 3.87. The highest BCUT2D eigenvalue weighted by atomic mass is 35.5. The van der Waals surface area contributed by atoms with Crippen molar-refractivity contribution in [2.45, 2.75) is 25.7 Å². The molecule has 0 bridgehead atoms. The van der Waals surface area contributed by atoms with Crippen molar-refractivity contribution in [1.29, 1.82) is 0 Å². The molecule has 0 aliphatic carbocycles. The molecule has 14 heavy (non-hydrogen) atoms. The highest BCUT2D eigenvalue weighted by molar-refractivity contribution is 7.86. The van der Waals surface area contributed by atoms with Gasteiger partial charge in [0.25, 0.3) is 10.1 Å². The van der Waals surface area contributed by atoms with E-state index in [2.05, 4.69) is 0 Å². The number of hydrogen-bond donors (Lipinski definition) is 1. The Kier molecular flexibility index (Phi) is 4.12. The van der Waals surface area contributed by atoms with Gasteiger partial charge in [-0.05, 0) is 31.9 Å². The van der Waals surface area contributed by atoms with Crippen molar-refractivity contribution in [1.82, 2.24) is 0 Å². The van der Waals surface area contributed by atoms with Crippen molar-refractivity contribution in [3.05, 3.63) is 28.8 Å². The third-order valence-electron chi connectivity index (χ3n) is 1.86. The number of halogens is 1. The Morgan fingerprint density at radius 2 is 1.43 bits per heavy atom. The van der Waals surface area contributed by atoms with Crippen LogP contribution >= 0.6 is 12.4 Å². The van der Waals surface area contributed by atoms with Crippen molar-refractivity contribution in [2.24, 2.45) is 0 Å². The van der Waals surface area contributed by atoms with E-state index in [0.717, 1.165) is 5.56 Å². The summed E-state index contributed by atoms with van der Waals surface area (Å²) < 4.78 is 30.8. The van der Waals surface area contributed by atoms with Gasteiger partial charge in [-0.2, -0.15) is 8.42 Å². The van der Waals surface area contributed by atoms with E-state index in [1.807, 2.05) is 6.92 Å². The van der Waals surface area contributed by atoms with E-state index in [1.165, 1.54) is 0 Å². The van der Waals surface area contributed by atoms with Crippen LogP contribution in [0, 0.1) is 20.8 Å². The maximum Gasteiger partial charge on any atom is 0.295 e. The minimum atomic E-state index is -4.08. The van der Waals surface area contributed by atoms with Crippen LogP contribution in [-0.4, -0.2) is 13.0 Å². The number of aryl methyl sites for hydroxylation is 3. The highest BCUT2D eigenvalue weighted by Crippen LogP contribution is 2.20. The zero-order valence-corrected chi connectivity index (χ0v) is 9.87. The van der Waals surface area contributed by atoms with Gasteiger partial charge in [-0.15, -0.1) is 12.4 Å². The summed E-state index contributed by atoms with van der Waals surface area (Å²) in [6.45, 7) is 5.22. The molecule has 0 fully saturated rings. The molecular weight excluding hydrogens is 224 g/mol. The summed E-state index contributed by atoms with van der Waals surface area (Å²) in [7, 11) is -4.08. The second-order valence-corrected chi connectivity index (χ2v) is 4.56. The fourth-order valence-corrected chi connectivity index (χ4v) is 2.51. The van der Waals surface area contributed by atoms with Gasteiger partial charge in [0.2, 0.25) is 0 Å². The molecule has 0 spiro atoms. The van der Waals surface area contributed by atoms with Crippen LogP contribution < -0.4 is 0 Å². The van der Waals surface area contributed by atoms with Gasteiger partial charge < -0.3 is 0 Å². The first kappa shape index (κ1) is 13.4. The van der Waals surface area contributed by atoms with Gasteiger partial charge in [0, 0.05) is 0 Å². The summed E-state index contributed by atoms with van der Waals surface area (Å²) in [6, 6.07) is 3.46. The lowest BCUT2D eigenvalue weighted by Crippen LogP contribution is -2.04. The Bertz CT molecular complexity index is 414. The van der Waals surface area contributed by atoms with E-state index in [4.69, 9.17) is 4.55 Å². The van der Waals surface area contributed by atoms with Gasteiger partial charge in [-0.1, -0.05) is 17.7 Å². The molecule has 3 nitrogen and oxygen atoms in total. The standard InChI is InChI=1S/C9H12O3S.ClH/c1-6-4-7(2)9(8(3)5-6)13(10,11)12;/h4-5H,1-3H3,(H,10,11,12);1H. The van der Waals surface area contributed by atoms with Crippen LogP contribution in [0.5, 0.6) is 0 Å². The monoisotopic (exact) mass is 236 g/mol. The molecule has 0 aliphatic rings. The molecular formula is C9H13ClO3S. The first-order valence-corrected chi connectivity index (χ1v) is 5.31. The molecule has 0 heterocycles. The summed E-state index contributed by atoms with van der Waals surface area (Å²) in [5, 5.41) is 0. The molecule has 0 aromatic heterocycles. The zero-order chi connectivity index (χ0) is 10.2. The second kappa shape index (κ2) is 4.29. The number of rotatable bonds is 1. The minimum absolute atomic E-state index is 0. The van der Waals surface area contributed by atoms with Gasteiger partial charge in [0.15, 0.2) is 0 Å². The summed E-state index contributed by atoms with van der Waals surface area (Å²) >= 11 is 0. The number of benzene rings is 1. The molecule has 0 atom stereocenters. The van der Waals surface area contributed by atoms with Crippen LogP contribution in [0.25, 0.3) is 0 Å². The lowest BCUT2D eigenvalue weighted by atomic mass is 10.1. The van der Waals surface area contributed by atoms with Gasteiger partial charge in [-0.25, -0.2) is 0 Å². The number of hydrogen-bond acceptors (Lipinski definition) is 2. The van der Waals surface area contributed by atoms with E-state index in [0.29, 0.717) is 11.1 Å². The fraction of sp³-hybridized carbons (Fsp3) is 0.333. The normalized spacial score (nSPS) is 10.9. The molecule has 1 N–H and O–H groups in total. The van der Waals surface area contributed by atoms with Crippen LogP contribution in [-0.2, 0) is 10.1 Å². The third-order valence-corrected chi connectivity index (χ3v) is 3.02. The molecule has 0 radical (unpaired) electrons. The summed E-state index contributed by atoms with van der Waals surface area (Å²) in [4.78, 5) is 0.0260. The van der Waals surface area contributed by atoms with Crippen molar-refractivity contribution in [3.8, 4) is 0 Å². The van der Waals surface area contributed by atoms with Crippen molar-refractivity contribution < 1.29 is 13.0 Å². The second-order valence-electron chi connectivity index (χ2n) is 3.20. The summed E-state index contributed by atoms with van der Waals surface area (Å²) in [5.41, 5.74) is 2.16. The maximum atomic E-state index is 10.9. The van der Waals surface area contributed by atoms with Crippen LogP contribution in [0.1, 0.15) is 16.7 Å². The molecule has 1 aromatic carbocycles. The van der Waals surface area contributed by atoms with Crippen LogP contribution in [0.4, 0.5) is 0 Å². The average Bonchev–Trinajstić information content (AvgIpc) is 1.78. The Labute approximate surface area is 90.3 Å². The molecule has 0 unspecified atom stereocenters. The maximum absolute atomic E-state index is 10.9. The van der Waals surface area contributed by atoms with Crippen molar-refractivity contribution in [3.63, 3.8) is 0 Å². The topological polar surface area (TPSA) is 54.4 Å². The van der Waals surface area contributed by atoms with Gasteiger partial charge >= 0.3 is 0 Å². The van der Waals surface area contributed by atoms with Gasteiger partial charge in [0.05, 0.1) is 4.90 Å². The molecule has 0 amide bonds. The Hall–Kier alpha value is -0.580. The zero-order valence-electron chi connectivity index (χ0n) is 8.23. The Morgan fingerprint density at radius 3 is 1.71 bits per heavy atom. The SMILES string of the molecule is Cc1cc(C)c(S(=O)(=O)O)c(C)c1.Cl. The summed E-state index contributed by atoms with van der Waals surface area (Å²) in [6.07, 6.45) is 0. The highest BCUT2D eigenvalue weighted by Gasteiger charge is 2.15. The molecule has 80 valence electrons. The minimum Gasteiger partial charge on any atom is -0.282 e. The smallest absolute Gasteiger partial charge is 0.282 e. The molecule has 0 saturated carbocycles. The predicted octanol–water partition coefficient (Wildman–Crippen LogP) is 2.28. The van der Waals surface area contributed by atoms with E-state index in [-0.39, 0.29) is 17.3 Å². The molecule has 5 heteroatoms. The lowest BCUT2D eigenvalue weighted by molar-refractivity contribution is 0.482. The van der Waals surface area contributed by atoms with E-state index >= 15 is 0 Å². The third kappa shape index (κ3) is 2.70. The van der Waals surface area contributed by atoms with Gasteiger partial charge in [0.1, 0.15) is 0 Å². The van der Waals surface area contributed by atoms with Crippen molar-refractivity contribution >= 4 is 22.5 Å². The first-order chi connectivity index (χ1) is 5.82. The summed E-state index contributed by atoms with van der Waals surface area (Å²) in [5.74, 6) is 0. The molecule has 1 aromatic rings. The largest absolute Gasteiger partial charge is 0.295 e. The van der Waals surface area contributed by atoms with Gasteiger partial charge in [-0.3, -0.25) is 4.55 Å². The van der Waals surface area contributed by atoms with E-state index < -0.39 is 10.1 Å². The fourth-order valence-electron chi connectivity index (χ4n) is 1.57. The molecule has 1 rings (SSSR count). The average molecular weight is 237 g/mol. The quantitative estimate of drug-likeness (QED) is 0.762. The van der Waals surface area contributed by atoms with Crippen LogP contribution in [0.15, 0.2) is 17.0 Å². The Balaban J connectivity index is 0.00000169.